The van der Waals surface area contributed by atoms with E-state index in [2.05, 4.69) is 5.32 Å². The molecule has 1 aromatic heterocycles. The van der Waals surface area contributed by atoms with Crippen LogP contribution in [0.5, 0.6) is 0 Å². The number of aromatic nitrogens is 1. The van der Waals surface area contributed by atoms with Crippen LogP contribution in [0, 0.1) is 19.7 Å². The van der Waals surface area contributed by atoms with Crippen molar-refractivity contribution in [3.63, 3.8) is 0 Å². The third-order valence-corrected chi connectivity index (χ3v) is 3.20. The Kier molecular flexibility index (Phi) is 3.70. The van der Waals surface area contributed by atoms with E-state index in [9.17, 15) is 14.0 Å². The zero-order chi connectivity index (χ0) is 14.9. The Morgan fingerprint density at radius 3 is 2.40 bits per heavy atom. The highest BCUT2D eigenvalue weighted by atomic mass is 19.1. The number of pyridine rings is 1. The third-order valence-electron chi connectivity index (χ3n) is 3.20. The number of halogens is 1. The van der Waals surface area contributed by atoms with Crippen molar-refractivity contribution in [3.05, 3.63) is 63.3 Å². The average Bonchev–Trinajstić information content (AvgIpc) is 2.39. The molecule has 1 aromatic carbocycles. The minimum Gasteiger partial charge on any atom is -0.322 e. The van der Waals surface area contributed by atoms with Gasteiger partial charge in [-0.15, -0.1) is 0 Å². The van der Waals surface area contributed by atoms with E-state index in [0.29, 0.717) is 11.3 Å². The molecule has 0 bridgehead atoms. The number of carbonyl (C=O) groups excluding carboxylic acids is 1. The number of hydrogen-bond acceptors (Lipinski definition) is 2. The summed E-state index contributed by atoms with van der Waals surface area (Å²) in [5.41, 5.74) is 1.60. The Balaban J connectivity index is 2.37. The molecule has 4 nitrogen and oxygen atoms in total. The van der Waals surface area contributed by atoms with Crippen LogP contribution in [0.2, 0.25) is 0 Å². The van der Waals surface area contributed by atoms with Gasteiger partial charge in [0.05, 0.1) is 0 Å². The highest BCUT2D eigenvalue weighted by molar-refractivity contribution is 6.05. The van der Waals surface area contributed by atoms with Crippen LogP contribution in [0.15, 0.2) is 35.1 Å². The van der Waals surface area contributed by atoms with E-state index in [4.69, 9.17) is 0 Å². The first kappa shape index (κ1) is 14.0. The lowest BCUT2D eigenvalue weighted by Gasteiger charge is -2.11. The monoisotopic (exact) mass is 274 g/mol. The number of nitrogens with one attached hydrogen (secondary N) is 1. The fourth-order valence-corrected chi connectivity index (χ4v) is 1.98. The van der Waals surface area contributed by atoms with Crippen LogP contribution >= 0.6 is 0 Å². The summed E-state index contributed by atoms with van der Waals surface area (Å²) in [6, 6.07) is 7.16. The van der Waals surface area contributed by atoms with Crippen molar-refractivity contribution in [2.45, 2.75) is 13.8 Å². The maximum atomic E-state index is 12.8. The van der Waals surface area contributed by atoms with E-state index in [1.54, 1.807) is 27.0 Å². The second-order valence-corrected chi connectivity index (χ2v) is 4.67. The van der Waals surface area contributed by atoms with Crippen molar-refractivity contribution in [3.8, 4) is 0 Å². The lowest BCUT2D eigenvalue weighted by atomic mass is 10.1. The molecule has 0 saturated carbocycles. The highest BCUT2D eigenvalue weighted by Gasteiger charge is 2.16. The van der Waals surface area contributed by atoms with Gasteiger partial charge in [0.15, 0.2) is 0 Å². The minimum atomic E-state index is -0.491. The number of hydrogen-bond donors (Lipinski definition) is 1. The Labute approximate surface area is 115 Å². The molecular weight excluding hydrogens is 259 g/mol. The number of nitrogens with zero attached hydrogens (tertiary/aromatic N) is 1. The summed E-state index contributed by atoms with van der Waals surface area (Å²) in [5, 5.41) is 2.59. The van der Waals surface area contributed by atoms with Gasteiger partial charge < -0.3 is 9.88 Å². The SMILES string of the molecule is Cc1cc(C)n(C)c(=O)c1C(=O)Nc1ccc(F)cc1. The molecule has 0 fully saturated rings. The van der Waals surface area contributed by atoms with E-state index in [1.807, 2.05) is 0 Å². The number of anilines is 1. The van der Waals surface area contributed by atoms with E-state index in [1.165, 1.54) is 28.8 Å². The van der Waals surface area contributed by atoms with Gasteiger partial charge >= 0.3 is 0 Å². The van der Waals surface area contributed by atoms with Crippen molar-refractivity contribution >= 4 is 11.6 Å². The molecule has 104 valence electrons. The van der Waals surface area contributed by atoms with Gasteiger partial charge in [0, 0.05) is 18.4 Å². The normalized spacial score (nSPS) is 10.4. The molecule has 20 heavy (non-hydrogen) atoms. The molecule has 2 aromatic rings. The molecule has 0 atom stereocenters. The molecule has 1 amide bonds. The van der Waals surface area contributed by atoms with Crippen molar-refractivity contribution in [1.29, 1.82) is 0 Å². The molecule has 0 unspecified atom stereocenters. The summed E-state index contributed by atoms with van der Waals surface area (Å²) in [6.07, 6.45) is 0. The lowest BCUT2D eigenvalue weighted by Crippen LogP contribution is -2.30. The number of carbonyl (C=O) groups is 1. The number of benzene rings is 1. The van der Waals surface area contributed by atoms with Crippen LogP contribution in [0.3, 0.4) is 0 Å². The molecule has 0 aliphatic carbocycles. The Hall–Kier alpha value is -2.43. The first-order chi connectivity index (χ1) is 9.40. The van der Waals surface area contributed by atoms with E-state index in [0.717, 1.165) is 5.69 Å². The molecule has 0 saturated heterocycles. The fraction of sp³-hybridized carbons (Fsp3) is 0.200. The van der Waals surface area contributed by atoms with Crippen LogP contribution in [0.1, 0.15) is 21.6 Å². The summed E-state index contributed by atoms with van der Waals surface area (Å²) in [4.78, 5) is 24.3. The Morgan fingerprint density at radius 2 is 1.80 bits per heavy atom. The van der Waals surface area contributed by atoms with Gasteiger partial charge in [0.1, 0.15) is 11.4 Å². The van der Waals surface area contributed by atoms with Gasteiger partial charge in [0.2, 0.25) is 0 Å². The predicted molar refractivity (Wildman–Crippen MR) is 75.5 cm³/mol. The lowest BCUT2D eigenvalue weighted by molar-refractivity contribution is 0.102. The molecular formula is C15H15FN2O2. The van der Waals surface area contributed by atoms with Crippen molar-refractivity contribution in [1.82, 2.24) is 4.57 Å². The second-order valence-electron chi connectivity index (χ2n) is 4.67. The minimum absolute atomic E-state index is 0.0995. The summed E-state index contributed by atoms with van der Waals surface area (Å²) >= 11 is 0. The van der Waals surface area contributed by atoms with Gasteiger partial charge in [-0.3, -0.25) is 9.59 Å². The van der Waals surface area contributed by atoms with Crippen LogP contribution < -0.4 is 10.9 Å². The van der Waals surface area contributed by atoms with Crippen molar-refractivity contribution in [2.75, 3.05) is 5.32 Å². The molecule has 1 N–H and O–H groups in total. The van der Waals surface area contributed by atoms with E-state index < -0.39 is 5.91 Å². The van der Waals surface area contributed by atoms with Crippen LogP contribution in [-0.4, -0.2) is 10.5 Å². The highest BCUT2D eigenvalue weighted by Crippen LogP contribution is 2.11. The van der Waals surface area contributed by atoms with Crippen molar-refractivity contribution in [2.24, 2.45) is 7.05 Å². The fourth-order valence-electron chi connectivity index (χ4n) is 1.98. The summed E-state index contributed by atoms with van der Waals surface area (Å²) in [6.45, 7) is 3.52. The van der Waals surface area contributed by atoms with Crippen LogP contribution in [0.25, 0.3) is 0 Å². The molecule has 0 radical (unpaired) electrons. The quantitative estimate of drug-likeness (QED) is 0.914. The Morgan fingerprint density at radius 1 is 1.20 bits per heavy atom. The smallest absolute Gasteiger partial charge is 0.263 e. The zero-order valence-electron chi connectivity index (χ0n) is 11.5. The Bertz CT molecular complexity index is 718. The maximum absolute atomic E-state index is 12.8. The molecule has 0 aliphatic rings. The van der Waals surface area contributed by atoms with E-state index >= 15 is 0 Å². The maximum Gasteiger partial charge on any atom is 0.263 e. The summed E-state index contributed by atoms with van der Waals surface area (Å²) in [5.74, 6) is -0.875. The molecule has 5 heteroatoms. The first-order valence-electron chi connectivity index (χ1n) is 6.14. The second kappa shape index (κ2) is 5.28. The predicted octanol–water partition coefficient (Wildman–Crippen LogP) is 2.39. The zero-order valence-corrected chi connectivity index (χ0v) is 11.5. The van der Waals surface area contributed by atoms with Gasteiger partial charge in [-0.1, -0.05) is 0 Å². The third kappa shape index (κ3) is 2.61. The summed E-state index contributed by atoms with van der Waals surface area (Å²) < 4.78 is 14.2. The molecule has 0 spiro atoms. The number of aryl methyl sites for hydroxylation is 2. The molecule has 1 heterocycles. The largest absolute Gasteiger partial charge is 0.322 e. The topological polar surface area (TPSA) is 51.1 Å². The first-order valence-corrected chi connectivity index (χ1v) is 6.14. The molecule has 2 rings (SSSR count). The van der Waals surface area contributed by atoms with Crippen molar-refractivity contribution < 1.29 is 9.18 Å². The number of rotatable bonds is 2. The number of amides is 1. The van der Waals surface area contributed by atoms with Gasteiger partial charge in [0.25, 0.3) is 11.5 Å². The van der Waals surface area contributed by atoms with Gasteiger partial charge in [-0.25, -0.2) is 4.39 Å². The van der Waals surface area contributed by atoms with E-state index in [-0.39, 0.29) is 16.9 Å². The summed E-state index contributed by atoms with van der Waals surface area (Å²) in [7, 11) is 1.62. The van der Waals surface area contributed by atoms with Crippen LogP contribution in [-0.2, 0) is 7.05 Å². The van der Waals surface area contributed by atoms with Gasteiger partial charge in [-0.2, -0.15) is 0 Å². The molecule has 0 aliphatic heterocycles. The standard InChI is InChI=1S/C15H15FN2O2/c1-9-8-10(2)18(3)15(20)13(9)14(19)17-12-6-4-11(16)5-7-12/h4-8H,1-3H3,(H,17,19). The average molecular weight is 274 g/mol. The van der Waals surface area contributed by atoms with Gasteiger partial charge in [-0.05, 0) is 49.7 Å². The van der Waals surface area contributed by atoms with Crippen LogP contribution in [0.4, 0.5) is 10.1 Å².